The first-order valence-electron chi connectivity index (χ1n) is 7.50. The van der Waals surface area contributed by atoms with Crippen molar-refractivity contribution in [3.05, 3.63) is 17.7 Å². The second-order valence-electron chi connectivity index (χ2n) is 6.38. The Kier molecular flexibility index (Phi) is 3.87. The Labute approximate surface area is 132 Å². The second-order valence-corrected chi connectivity index (χ2v) is 6.38. The standard InChI is InChI=1S/C15H19F2N3O3/c1-14(2)7-19-12(21)9-3-4-11(20-13(9)23-14)22-10-5-6-18-8-15(10,16)17/h3-4,10,18H,5-8H2,1-2H3,(H,19,21). The number of fused-ring (bicyclic) bond motifs is 1. The number of rotatable bonds is 2. The first-order chi connectivity index (χ1) is 10.8. The lowest BCUT2D eigenvalue weighted by molar-refractivity contribution is -0.110. The number of amides is 1. The molecule has 2 aliphatic rings. The number of pyridine rings is 1. The lowest BCUT2D eigenvalue weighted by Crippen LogP contribution is -2.52. The van der Waals surface area contributed by atoms with E-state index in [0.29, 0.717) is 13.1 Å². The largest absolute Gasteiger partial charge is 0.469 e. The van der Waals surface area contributed by atoms with E-state index in [-0.39, 0.29) is 29.7 Å². The van der Waals surface area contributed by atoms with Gasteiger partial charge in [-0.05, 0) is 26.5 Å². The van der Waals surface area contributed by atoms with Crippen LogP contribution >= 0.6 is 0 Å². The summed E-state index contributed by atoms with van der Waals surface area (Å²) in [4.78, 5) is 16.1. The molecule has 0 aromatic carbocycles. The quantitative estimate of drug-likeness (QED) is 0.858. The summed E-state index contributed by atoms with van der Waals surface area (Å²) in [6.45, 7) is 3.97. The highest BCUT2D eigenvalue weighted by molar-refractivity contribution is 5.96. The molecule has 1 saturated heterocycles. The topological polar surface area (TPSA) is 72.5 Å². The molecule has 126 valence electrons. The van der Waals surface area contributed by atoms with Crippen LogP contribution < -0.4 is 20.1 Å². The van der Waals surface area contributed by atoms with Crippen LogP contribution in [-0.4, -0.2) is 48.2 Å². The molecule has 3 heterocycles. The molecule has 1 atom stereocenters. The summed E-state index contributed by atoms with van der Waals surface area (Å²) in [5.74, 6) is -3.15. The van der Waals surface area contributed by atoms with Crippen LogP contribution in [0.5, 0.6) is 11.8 Å². The molecule has 2 N–H and O–H groups in total. The minimum atomic E-state index is -2.97. The second kappa shape index (κ2) is 5.59. The fourth-order valence-electron chi connectivity index (χ4n) is 2.53. The number of hydrogen-bond donors (Lipinski definition) is 2. The van der Waals surface area contributed by atoms with Gasteiger partial charge in [0.2, 0.25) is 11.8 Å². The fourth-order valence-corrected chi connectivity index (χ4v) is 2.53. The Bertz CT molecular complexity index is 622. The zero-order valence-corrected chi connectivity index (χ0v) is 13.0. The van der Waals surface area contributed by atoms with Crippen molar-refractivity contribution in [3.8, 4) is 11.8 Å². The fraction of sp³-hybridized carbons (Fsp3) is 0.600. The molecule has 0 bridgehead atoms. The first kappa shape index (κ1) is 15.9. The first-order valence-corrected chi connectivity index (χ1v) is 7.50. The van der Waals surface area contributed by atoms with Gasteiger partial charge in [-0.3, -0.25) is 4.79 Å². The minimum absolute atomic E-state index is 0.0285. The molecular weight excluding hydrogens is 308 g/mol. The molecule has 0 saturated carbocycles. The molecule has 1 unspecified atom stereocenters. The number of ether oxygens (including phenoxy) is 2. The molecule has 2 aliphatic heterocycles. The number of hydrogen-bond acceptors (Lipinski definition) is 5. The number of halogens is 2. The van der Waals surface area contributed by atoms with Gasteiger partial charge < -0.3 is 20.1 Å². The summed E-state index contributed by atoms with van der Waals surface area (Å²) in [7, 11) is 0. The molecule has 1 aromatic heterocycles. The monoisotopic (exact) mass is 327 g/mol. The van der Waals surface area contributed by atoms with Crippen LogP contribution in [0.15, 0.2) is 12.1 Å². The molecule has 0 aliphatic carbocycles. The van der Waals surface area contributed by atoms with Crippen LogP contribution in [-0.2, 0) is 0 Å². The molecule has 3 rings (SSSR count). The number of carbonyl (C=O) groups is 1. The third kappa shape index (κ3) is 3.36. The van der Waals surface area contributed by atoms with Gasteiger partial charge in [-0.25, -0.2) is 8.78 Å². The lowest BCUT2D eigenvalue weighted by Gasteiger charge is -2.31. The zero-order valence-electron chi connectivity index (χ0n) is 13.0. The summed E-state index contributed by atoms with van der Waals surface area (Å²) in [6, 6.07) is 2.89. The van der Waals surface area contributed by atoms with E-state index in [1.165, 1.54) is 12.1 Å². The zero-order chi connectivity index (χ0) is 16.7. The van der Waals surface area contributed by atoms with Crippen molar-refractivity contribution in [1.82, 2.24) is 15.6 Å². The summed E-state index contributed by atoms with van der Waals surface area (Å²) >= 11 is 0. The molecule has 23 heavy (non-hydrogen) atoms. The molecule has 0 spiro atoms. The van der Waals surface area contributed by atoms with Crippen molar-refractivity contribution in [3.63, 3.8) is 0 Å². The van der Waals surface area contributed by atoms with Crippen molar-refractivity contribution >= 4 is 5.91 Å². The number of nitrogens with zero attached hydrogens (tertiary/aromatic N) is 1. The Morgan fingerprint density at radius 1 is 1.35 bits per heavy atom. The van der Waals surface area contributed by atoms with Gasteiger partial charge in [0.15, 0.2) is 6.10 Å². The van der Waals surface area contributed by atoms with Gasteiger partial charge in [-0.1, -0.05) is 0 Å². The van der Waals surface area contributed by atoms with Gasteiger partial charge in [0.1, 0.15) is 11.2 Å². The van der Waals surface area contributed by atoms with Crippen molar-refractivity contribution < 1.29 is 23.0 Å². The van der Waals surface area contributed by atoms with E-state index in [1.807, 2.05) is 0 Å². The summed E-state index contributed by atoms with van der Waals surface area (Å²) in [5, 5.41) is 5.37. The summed E-state index contributed by atoms with van der Waals surface area (Å²) in [5.41, 5.74) is -0.384. The molecule has 8 heteroatoms. The number of nitrogens with one attached hydrogen (secondary N) is 2. The van der Waals surface area contributed by atoms with Crippen molar-refractivity contribution in [2.24, 2.45) is 0 Å². The molecule has 0 radical (unpaired) electrons. The Hall–Kier alpha value is -1.96. The van der Waals surface area contributed by atoms with Crippen LogP contribution in [0, 0.1) is 0 Å². The van der Waals surface area contributed by atoms with Gasteiger partial charge >= 0.3 is 0 Å². The van der Waals surface area contributed by atoms with E-state index in [2.05, 4.69) is 15.6 Å². The lowest BCUT2D eigenvalue weighted by atomic mass is 10.1. The number of carbonyl (C=O) groups excluding carboxylic acids is 1. The average molecular weight is 327 g/mol. The summed E-state index contributed by atoms with van der Waals surface area (Å²) in [6.07, 6.45) is -1.07. The summed E-state index contributed by atoms with van der Waals surface area (Å²) < 4.78 is 38.8. The van der Waals surface area contributed by atoms with Crippen molar-refractivity contribution in [2.45, 2.75) is 37.9 Å². The molecular formula is C15H19F2N3O3. The predicted molar refractivity (Wildman–Crippen MR) is 78.1 cm³/mol. The van der Waals surface area contributed by atoms with Crippen molar-refractivity contribution in [1.29, 1.82) is 0 Å². The van der Waals surface area contributed by atoms with Crippen LogP contribution in [0.2, 0.25) is 0 Å². The third-order valence-electron chi connectivity index (χ3n) is 3.81. The Morgan fingerprint density at radius 2 is 2.13 bits per heavy atom. The van der Waals surface area contributed by atoms with E-state index in [9.17, 15) is 13.6 Å². The number of alkyl halides is 2. The minimum Gasteiger partial charge on any atom is -0.469 e. The van der Waals surface area contributed by atoms with Crippen LogP contribution in [0.3, 0.4) is 0 Å². The van der Waals surface area contributed by atoms with Gasteiger partial charge in [0.25, 0.3) is 11.8 Å². The molecule has 1 aromatic rings. The third-order valence-corrected chi connectivity index (χ3v) is 3.81. The average Bonchev–Trinajstić information content (AvgIpc) is 2.57. The predicted octanol–water partition coefficient (Wildman–Crippen LogP) is 1.36. The van der Waals surface area contributed by atoms with E-state index < -0.39 is 24.2 Å². The van der Waals surface area contributed by atoms with Crippen LogP contribution in [0.4, 0.5) is 8.78 Å². The smallest absolute Gasteiger partial charge is 0.296 e. The highest BCUT2D eigenvalue weighted by Crippen LogP contribution is 2.30. The normalized spacial score (nSPS) is 25.6. The van der Waals surface area contributed by atoms with E-state index >= 15 is 0 Å². The highest BCUT2D eigenvalue weighted by Gasteiger charge is 2.44. The molecule has 1 fully saturated rings. The van der Waals surface area contributed by atoms with Gasteiger partial charge in [0, 0.05) is 12.5 Å². The molecule has 6 nitrogen and oxygen atoms in total. The van der Waals surface area contributed by atoms with E-state index in [4.69, 9.17) is 9.47 Å². The highest BCUT2D eigenvalue weighted by atomic mass is 19.3. The maximum absolute atomic E-state index is 13.8. The number of aromatic nitrogens is 1. The van der Waals surface area contributed by atoms with E-state index in [0.717, 1.165) is 0 Å². The van der Waals surface area contributed by atoms with Gasteiger partial charge in [-0.2, -0.15) is 4.98 Å². The van der Waals surface area contributed by atoms with Crippen LogP contribution in [0.1, 0.15) is 30.6 Å². The molecule has 1 amide bonds. The van der Waals surface area contributed by atoms with Gasteiger partial charge in [-0.15, -0.1) is 0 Å². The van der Waals surface area contributed by atoms with E-state index in [1.54, 1.807) is 13.8 Å². The maximum atomic E-state index is 13.8. The van der Waals surface area contributed by atoms with Crippen molar-refractivity contribution in [2.75, 3.05) is 19.6 Å². The Balaban J connectivity index is 1.85. The van der Waals surface area contributed by atoms with Gasteiger partial charge in [0.05, 0.1) is 13.1 Å². The Morgan fingerprint density at radius 3 is 2.87 bits per heavy atom. The maximum Gasteiger partial charge on any atom is 0.296 e. The number of piperidine rings is 1. The van der Waals surface area contributed by atoms with Crippen LogP contribution in [0.25, 0.3) is 0 Å². The SMILES string of the molecule is CC1(C)CNC(=O)c2ccc(OC3CCNCC3(F)F)nc2O1.